The smallest absolute Gasteiger partial charge is 0.231 e. The number of rotatable bonds is 10. The van der Waals surface area contributed by atoms with Gasteiger partial charge in [-0.2, -0.15) is 11.8 Å². The van der Waals surface area contributed by atoms with Gasteiger partial charge < -0.3 is 14.2 Å². The molecule has 7 heteroatoms. The molecule has 2 aromatic carbocycles. The van der Waals surface area contributed by atoms with Crippen molar-refractivity contribution < 1.29 is 22.6 Å². The van der Waals surface area contributed by atoms with E-state index >= 15 is 0 Å². The number of sulfone groups is 1. The minimum absolute atomic E-state index is 0.192. The average molecular weight is 395 g/mol. The highest BCUT2D eigenvalue weighted by Gasteiger charge is 2.14. The fraction of sp³-hybridized carbons (Fsp3) is 0.368. The van der Waals surface area contributed by atoms with E-state index in [4.69, 9.17) is 14.2 Å². The second-order valence-corrected chi connectivity index (χ2v) is 9.15. The molecule has 140 valence electrons. The van der Waals surface area contributed by atoms with Crippen molar-refractivity contribution in [2.24, 2.45) is 0 Å². The van der Waals surface area contributed by atoms with Crippen LogP contribution in [0.25, 0.3) is 0 Å². The summed E-state index contributed by atoms with van der Waals surface area (Å²) in [5, 5.41) is 0. The van der Waals surface area contributed by atoms with Crippen molar-refractivity contribution >= 4 is 21.6 Å². The molecule has 5 nitrogen and oxygen atoms in total. The van der Waals surface area contributed by atoms with Crippen LogP contribution in [0.4, 0.5) is 0 Å². The highest BCUT2D eigenvalue weighted by Crippen LogP contribution is 2.35. The predicted octanol–water partition coefficient (Wildman–Crippen LogP) is 3.78. The Morgan fingerprint density at radius 2 is 1.73 bits per heavy atom. The molecule has 0 unspecified atom stereocenters. The van der Waals surface area contributed by atoms with Crippen molar-refractivity contribution in [3.63, 3.8) is 0 Å². The summed E-state index contributed by atoms with van der Waals surface area (Å²) in [6.07, 6.45) is 1.56. The van der Waals surface area contributed by atoms with Gasteiger partial charge in [-0.25, -0.2) is 8.42 Å². The molecule has 0 saturated heterocycles. The maximum atomic E-state index is 12.2. The minimum Gasteiger partial charge on any atom is -0.493 e. The molecule has 26 heavy (non-hydrogen) atoms. The molecule has 0 radical (unpaired) electrons. The summed E-state index contributed by atoms with van der Waals surface area (Å²) in [5.41, 5.74) is 0. The van der Waals surface area contributed by atoms with Gasteiger partial charge in [-0.15, -0.1) is 0 Å². The van der Waals surface area contributed by atoms with Gasteiger partial charge >= 0.3 is 0 Å². The Balaban J connectivity index is 1.27. The molecule has 2 aromatic rings. The molecule has 0 fully saturated rings. The first kappa shape index (κ1) is 18.9. The number of thioether (sulfide) groups is 1. The van der Waals surface area contributed by atoms with Crippen LogP contribution in [0.1, 0.15) is 12.8 Å². The molecular weight excluding hydrogens is 372 g/mol. The molecule has 0 aliphatic carbocycles. The van der Waals surface area contributed by atoms with Gasteiger partial charge in [0.05, 0.1) is 17.3 Å². The van der Waals surface area contributed by atoms with Crippen molar-refractivity contribution in [2.75, 3.05) is 30.7 Å². The lowest BCUT2D eigenvalue weighted by molar-refractivity contribution is 0.173. The zero-order valence-corrected chi connectivity index (χ0v) is 16.1. The second-order valence-electron chi connectivity index (χ2n) is 5.81. The van der Waals surface area contributed by atoms with Crippen LogP contribution in [0, 0.1) is 0 Å². The average Bonchev–Trinajstić information content (AvgIpc) is 3.12. The zero-order chi connectivity index (χ0) is 18.2. The summed E-state index contributed by atoms with van der Waals surface area (Å²) in [6, 6.07) is 14.2. The molecule has 1 aliphatic rings. The van der Waals surface area contributed by atoms with E-state index in [9.17, 15) is 8.42 Å². The highest BCUT2D eigenvalue weighted by atomic mass is 32.2. The van der Waals surface area contributed by atoms with Gasteiger partial charge in [-0.1, -0.05) is 18.2 Å². The van der Waals surface area contributed by atoms with Crippen LogP contribution in [0.3, 0.4) is 0 Å². The largest absolute Gasteiger partial charge is 0.493 e. The molecule has 0 N–H and O–H groups in total. The number of benzene rings is 2. The van der Waals surface area contributed by atoms with Gasteiger partial charge in [0, 0.05) is 6.07 Å². The molecule has 0 amide bonds. The van der Waals surface area contributed by atoms with E-state index in [0.29, 0.717) is 17.9 Å². The van der Waals surface area contributed by atoms with E-state index in [0.717, 1.165) is 35.2 Å². The van der Waals surface area contributed by atoms with E-state index < -0.39 is 9.84 Å². The van der Waals surface area contributed by atoms with Crippen LogP contribution in [-0.2, 0) is 9.84 Å². The predicted molar refractivity (Wildman–Crippen MR) is 103 cm³/mol. The molecule has 3 rings (SSSR count). The summed E-state index contributed by atoms with van der Waals surface area (Å²) < 4.78 is 40.6. The van der Waals surface area contributed by atoms with Crippen LogP contribution in [0.5, 0.6) is 17.2 Å². The first-order chi connectivity index (χ1) is 12.6. The van der Waals surface area contributed by atoms with Crippen LogP contribution in [0.2, 0.25) is 0 Å². The van der Waals surface area contributed by atoms with E-state index in [2.05, 4.69) is 0 Å². The SMILES string of the molecule is O=S(=O)(CCCSCCCOc1ccc2c(c1)OCO2)c1ccccc1. The third kappa shape index (κ3) is 5.32. The molecule has 0 saturated carbocycles. The standard InChI is InChI=1S/C19H22O5S2/c20-26(21,17-6-2-1-3-7-17)13-5-12-25-11-4-10-22-16-8-9-18-19(14-16)24-15-23-18/h1-3,6-9,14H,4-5,10-13,15H2. The van der Waals surface area contributed by atoms with Crippen molar-refractivity contribution in [1.29, 1.82) is 0 Å². The Bertz CT molecular complexity index is 806. The maximum absolute atomic E-state index is 12.2. The molecule has 0 bridgehead atoms. The summed E-state index contributed by atoms with van der Waals surface area (Å²) in [5.74, 6) is 4.20. The van der Waals surface area contributed by atoms with Gasteiger partial charge in [0.1, 0.15) is 5.75 Å². The number of ether oxygens (including phenoxy) is 3. The molecule has 0 spiro atoms. The lowest BCUT2D eigenvalue weighted by Crippen LogP contribution is -2.07. The van der Waals surface area contributed by atoms with Gasteiger partial charge in [-0.3, -0.25) is 0 Å². The Kier molecular flexibility index (Phi) is 6.68. The molecule has 0 aromatic heterocycles. The van der Waals surface area contributed by atoms with Gasteiger partial charge in [0.15, 0.2) is 21.3 Å². The van der Waals surface area contributed by atoms with Gasteiger partial charge in [0.2, 0.25) is 6.79 Å². The Labute approximate surface area is 158 Å². The fourth-order valence-electron chi connectivity index (χ4n) is 2.52. The minimum atomic E-state index is -3.16. The third-order valence-electron chi connectivity index (χ3n) is 3.85. The summed E-state index contributed by atoms with van der Waals surface area (Å²) in [7, 11) is -3.16. The van der Waals surface area contributed by atoms with E-state index in [1.165, 1.54) is 0 Å². The zero-order valence-electron chi connectivity index (χ0n) is 14.4. The third-order valence-corrected chi connectivity index (χ3v) is 6.82. The summed E-state index contributed by atoms with van der Waals surface area (Å²) in [6.45, 7) is 0.879. The summed E-state index contributed by atoms with van der Waals surface area (Å²) >= 11 is 1.76. The summed E-state index contributed by atoms with van der Waals surface area (Å²) in [4.78, 5) is 0.405. The van der Waals surface area contributed by atoms with Gasteiger partial charge in [0.25, 0.3) is 0 Å². The maximum Gasteiger partial charge on any atom is 0.231 e. The van der Waals surface area contributed by atoms with Crippen molar-refractivity contribution in [3.05, 3.63) is 48.5 Å². The Morgan fingerprint density at radius 1 is 0.962 bits per heavy atom. The van der Waals surface area contributed by atoms with E-state index in [1.807, 2.05) is 24.3 Å². The highest BCUT2D eigenvalue weighted by molar-refractivity contribution is 7.99. The van der Waals surface area contributed by atoms with Crippen LogP contribution in [-0.4, -0.2) is 39.1 Å². The normalized spacial score (nSPS) is 12.9. The Morgan fingerprint density at radius 3 is 2.58 bits per heavy atom. The molecule has 1 aliphatic heterocycles. The van der Waals surface area contributed by atoms with Crippen molar-refractivity contribution in [2.45, 2.75) is 17.7 Å². The fourth-order valence-corrected chi connectivity index (χ4v) is 4.91. The number of hydrogen-bond donors (Lipinski definition) is 0. The Hall–Kier alpha value is -1.86. The number of fused-ring (bicyclic) bond motifs is 1. The number of hydrogen-bond acceptors (Lipinski definition) is 6. The van der Waals surface area contributed by atoms with Crippen LogP contribution in [0.15, 0.2) is 53.4 Å². The van der Waals surface area contributed by atoms with E-state index in [-0.39, 0.29) is 12.5 Å². The lowest BCUT2D eigenvalue weighted by atomic mass is 10.3. The van der Waals surface area contributed by atoms with Gasteiger partial charge in [-0.05, 0) is 48.6 Å². The molecule has 0 atom stereocenters. The molecule has 1 heterocycles. The van der Waals surface area contributed by atoms with Crippen molar-refractivity contribution in [3.8, 4) is 17.2 Å². The first-order valence-corrected chi connectivity index (χ1v) is 11.3. The lowest BCUT2D eigenvalue weighted by Gasteiger charge is -2.07. The molecular formula is C19H22O5S2. The topological polar surface area (TPSA) is 61.8 Å². The second kappa shape index (κ2) is 9.19. The van der Waals surface area contributed by atoms with Crippen LogP contribution < -0.4 is 14.2 Å². The monoisotopic (exact) mass is 394 g/mol. The van der Waals surface area contributed by atoms with Crippen LogP contribution >= 0.6 is 11.8 Å². The first-order valence-electron chi connectivity index (χ1n) is 8.53. The van der Waals surface area contributed by atoms with Crippen molar-refractivity contribution in [1.82, 2.24) is 0 Å². The van der Waals surface area contributed by atoms with E-state index in [1.54, 1.807) is 36.0 Å². The quantitative estimate of drug-likeness (QED) is 0.572.